The fourth-order valence-corrected chi connectivity index (χ4v) is 4.37. The van der Waals surface area contributed by atoms with Crippen molar-refractivity contribution in [1.82, 2.24) is 20.0 Å². The largest absolute Gasteiger partial charge is 0.481 e. The van der Waals surface area contributed by atoms with E-state index in [1.165, 1.54) is 19.3 Å². The van der Waals surface area contributed by atoms with Gasteiger partial charge in [-0.3, -0.25) is 14.3 Å². The van der Waals surface area contributed by atoms with Crippen LogP contribution in [0.5, 0.6) is 0 Å². The summed E-state index contributed by atoms with van der Waals surface area (Å²) in [5, 5.41) is 16.0. The predicted molar refractivity (Wildman–Crippen MR) is 104 cm³/mol. The van der Waals surface area contributed by atoms with E-state index in [4.69, 9.17) is 9.90 Å². The summed E-state index contributed by atoms with van der Waals surface area (Å²) in [5.74, 6) is -0.866. The van der Waals surface area contributed by atoms with Crippen LogP contribution in [0.3, 0.4) is 0 Å². The van der Waals surface area contributed by atoms with Crippen LogP contribution in [0.25, 0.3) is 10.9 Å². The van der Waals surface area contributed by atoms with Gasteiger partial charge in [0.15, 0.2) is 5.69 Å². The second-order valence-corrected chi connectivity index (χ2v) is 7.55. The molecule has 0 unspecified atom stereocenters. The Kier molecular flexibility index (Phi) is 5.79. The van der Waals surface area contributed by atoms with Crippen molar-refractivity contribution in [2.45, 2.75) is 57.2 Å². The number of fused-ring (bicyclic) bond motifs is 3. The topological polar surface area (TPSA) is 87.5 Å². The maximum Gasteiger partial charge on any atom is 0.300 e. The number of hydrogen-bond acceptors (Lipinski definition) is 4. The monoisotopic (exact) mass is 372 g/mol. The Bertz CT molecular complexity index is 814. The van der Waals surface area contributed by atoms with E-state index in [0.717, 1.165) is 30.7 Å². The van der Waals surface area contributed by atoms with Gasteiger partial charge in [0.2, 0.25) is 0 Å². The molecular formula is C20H28N4O3. The summed E-state index contributed by atoms with van der Waals surface area (Å²) in [4.78, 5) is 24.3. The first-order chi connectivity index (χ1) is 12.9. The molecule has 2 aliphatic rings. The highest BCUT2D eigenvalue weighted by atomic mass is 16.4. The molecule has 3 heterocycles. The van der Waals surface area contributed by atoms with Crippen LogP contribution in [0.2, 0.25) is 0 Å². The second-order valence-electron chi connectivity index (χ2n) is 7.55. The van der Waals surface area contributed by atoms with Crippen molar-refractivity contribution in [3.05, 3.63) is 30.0 Å². The van der Waals surface area contributed by atoms with Crippen LogP contribution < -0.4 is 5.32 Å². The smallest absolute Gasteiger partial charge is 0.300 e. The molecule has 1 aromatic heterocycles. The molecule has 2 bridgehead atoms. The number of nitrogens with one attached hydrogen (secondary N) is 1. The van der Waals surface area contributed by atoms with Crippen LogP contribution in [0.1, 0.15) is 49.5 Å². The summed E-state index contributed by atoms with van der Waals surface area (Å²) >= 11 is 0. The number of carboxylic acids is 1. The fraction of sp³-hybridized carbons (Fsp3) is 0.550. The minimum atomic E-state index is -0.833. The zero-order chi connectivity index (χ0) is 19.6. The minimum Gasteiger partial charge on any atom is -0.481 e. The number of carboxylic acid groups (broad SMARTS) is 1. The minimum absolute atomic E-state index is 0.0329. The van der Waals surface area contributed by atoms with E-state index in [-0.39, 0.29) is 11.9 Å². The molecule has 0 saturated carbocycles. The molecule has 2 aliphatic heterocycles. The van der Waals surface area contributed by atoms with Crippen LogP contribution in [0.4, 0.5) is 0 Å². The van der Waals surface area contributed by atoms with Crippen molar-refractivity contribution in [2.24, 2.45) is 7.05 Å². The third-order valence-electron chi connectivity index (χ3n) is 5.65. The Morgan fingerprint density at radius 2 is 1.74 bits per heavy atom. The maximum absolute atomic E-state index is 12.7. The number of benzene rings is 1. The van der Waals surface area contributed by atoms with Gasteiger partial charge in [0.1, 0.15) is 0 Å². The quantitative estimate of drug-likeness (QED) is 0.845. The van der Waals surface area contributed by atoms with Crippen LogP contribution in [0, 0.1) is 0 Å². The van der Waals surface area contributed by atoms with Gasteiger partial charge < -0.3 is 15.3 Å². The molecule has 2 saturated heterocycles. The van der Waals surface area contributed by atoms with Gasteiger partial charge in [0.05, 0.1) is 5.52 Å². The first kappa shape index (κ1) is 19.4. The molecule has 2 aromatic rings. The summed E-state index contributed by atoms with van der Waals surface area (Å²) in [6, 6.07) is 9.42. The molecule has 7 nitrogen and oxygen atoms in total. The van der Waals surface area contributed by atoms with Gasteiger partial charge in [-0.1, -0.05) is 24.6 Å². The molecule has 2 atom stereocenters. The summed E-state index contributed by atoms with van der Waals surface area (Å²) in [6.07, 6.45) is 5.95. The van der Waals surface area contributed by atoms with Crippen molar-refractivity contribution in [3.63, 3.8) is 0 Å². The number of para-hydroxylation sites is 1. The van der Waals surface area contributed by atoms with E-state index in [2.05, 4.69) is 22.4 Å². The van der Waals surface area contributed by atoms with E-state index in [1.54, 1.807) is 4.68 Å². The summed E-state index contributed by atoms with van der Waals surface area (Å²) in [5.41, 5.74) is 1.55. The van der Waals surface area contributed by atoms with Gasteiger partial charge in [-0.05, 0) is 38.8 Å². The highest BCUT2D eigenvalue weighted by molar-refractivity contribution is 6.04. The average Bonchev–Trinajstić information content (AvgIpc) is 2.93. The molecule has 7 heteroatoms. The average molecular weight is 372 g/mol. The summed E-state index contributed by atoms with van der Waals surface area (Å²) in [6.45, 7) is 1.08. The van der Waals surface area contributed by atoms with E-state index in [9.17, 15) is 4.79 Å². The molecular weight excluding hydrogens is 344 g/mol. The molecule has 0 radical (unpaired) electrons. The van der Waals surface area contributed by atoms with Crippen LogP contribution in [0.15, 0.2) is 24.3 Å². The van der Waals surface area contributed by atoms with Gasteiger partial charge >= 0.3 is 0 Å². The lowest BCUT2D eigenvalue weighted by Crippen LogP contribution is -2.55. The Labute approximate surface area is 159 Å². The first-order valence-corrected chi connectivity index (χ1v) is 9.51. The van der Waals surface area contributed by atoms with Crippen molar-refractivity contribution in [2.75, 3.05) is 7.05 Å². The molecule has 4 rings (SSSR count). The van der Waals surface area contributed by atoms with Crippen molar-refractivity contribution in [1.29, 1.82) is 0 Å². The Hall–Kier alpha value is -2.41. The molecule has 0 aliphatic carbocycles. The van der Waals surface area contributed by atoms with E-state index in [0.29, 0.717) is 17.8 Å². The second kappa shape index (κ2) is 8.08. The number of rotatable bonds is 2. The van der Waals surface area contributed by atoms with E-state index >= 15 is 0 Å². The molecule has 0 spiro atoms. The van der Waals surface area contributed by atoms with Gasteiger partial charge in [0, 0.05) is 37.5 Å². The number of carbonyl (C=O) groups excluding carboxylic acids is 1. The third kappa shape index (κ3) is 4.30. The molecule has 2 N–H and O–H groups in total. The Balaban J connectivity index is 0.000000481. The Morgan fingerprint density at radius 1 is 1.15 bits per heavy atom. The van der Waals surface area contributed by atoms with E-state index in [1.807, 2.05) is 31.3 Å². The lowest BCUT2D eigenvalue weighted by Gasteiger charge is -2.47. The molecule has 27 heavy (non-hydrogen) atoms. The highest BCUT2D eigenvalue weighted by Crippen LogP contribution is 2.32. The summed E-state index contributed by atoms with van der Waals surface area (Å²) < 4.78 is 1.79. The zero-order valence-electron chi connectivity index (χ0n) is 16.2. The molecule has 1 aromatic carbocycles. The number of hydrogen-bond donors (Lipinski definition) is 2. The number of nitrogens with zero attached hydrogens (tertiary/aromatic N) is 3. The summed E-state index contributed by atoms with van der Waals surface area (Å²) in [7, 11) is 4.12. The van der Waals surface area contributed by atoms with Crippen LogP contribution in [-0.2, 0) is 11.8 Å². The van der Waals surface area contributed by atoms with Gasteiger partial charge in [-0.2, -0.15) is 5.10 Å². The fourth-order valence-electron chi connectivity index (χ4n) is 4.37. The van der Waals surface area contributed by atoms with Crippen LogP contribution in [-0.4, -0.2) is 56.8 Å². The number of aliphatic carboxylic acids is 1. The number of aryl methyl sites for hydroxylation is 1. The maximum atomic E-state index is 12.7. The lowest BCUT2D eigenvalue weighted by atomic mass is 9.82. The lowest BCUT2D eigenvalue weighted by molar-refractivity contribution is -0.134. The number of aromatic nitrogens is 2. The van der Waals surface area contributed by atoms with Gasteiger partial charge in [0.25, 0.3) is 11.9 Å². The van der Waals surface area contributed by atoms with Gasteiger partial charge in [-0.15, -0.1) is 0 Å². The Morgan fingerprint density at radius 3 is 2.37 bits per heavy atom. The highest BCUT2D eigenvalue weighted by Gasteiger charge is 2.36. The number of amides is 1. The first-order valence-electron chi connectivity index (χ1n) is 9.51. The zero-order valence-corrected chi connectivity index (χ0v) is 16.2. The standard InChI is InChI=1S/C18H24N4O.C2H4O2/c1-21-13-6-5-7-14(21)11-12(10-13)19-18(23)17-15-8-3-4-9-16(15)22(2)20-17;1-2(3)4/h3-4,8-9,12-14H,5-7,10-11H2,1-2H3,(H,19,23);1H3,(H,3,4)/t13-,14-;/m0./s1. The number of piperidine rings is 2. The van der Waals surface area contributed by atoms with E-state index < -0.39 is 5.97 Å². The molecule has 2 fully saturated rings. The molecule has 1 amide bonds. The number of carbonyl (C=O) groups is 2. The predicted octanol–water partition coefficient (Wildman–Crippen LogP) is 2.41. The van der Waals surface area contributed by atoms with Gasteiger partial charge in [-0.25, -0.2) is 0 Å². The van der Waals surface area contributed by atoms with Crippen LogP contribution >= 0.6 is 0 Å². The van der Waals surface area contributed by atoms with Crippen molar-refractivity contribution in [3.8, 4) is 0 Å². The molecule has 146 valence electrons. The third-order valence-corrected chi connectivity index (χ3v) is 5.65. The van der Waals surface area contributed by atoms with Crippen molar-refractivity contribution < 1.29 is 14.7 Å². The van der Waals surface area contributed by atoms with Crippen molar-refractivity contribution >= 4 is 22.8 Å². The normalized spacial score (nSPS) is 24.8. The SMILES string of the molecule is CC(=O)O.CN1[C@H]2CCC[C@H]1CC(NC(=O)c1nn(C)c3ccccc13)C2.